The molecule has 1 saturated heterocycles. The molecule has 1 atom stereocenters. The zero-order valence-corrected chi connectivity index (χ0v) is 17.6. The summed E-state index contributed by atoms with van der Waals surface area (Å²) < 4.78 is 0. The predicted molar refractivity (Wildman–Crippen MR) is 115 cm³/mol. The molecule has 0 N–H and O–H groups in total. The Morgan fingerprint density at radius 3 is 2.19 bits per heavy atom. The lowest BCUT2D eigenvalue weighted by atomic mass is 9.86. The van der Waals surface area contributed by atoms with E-state index in [0.717, 1.165) is 31.7 Å². The number of carbonyl (C=O) groups excluding carboxylic acids is 1. The number of benzene rings is 2. The third-order valence-corrected chi connectivity index (χ3v) is 5.28. The number of amides is 1. The van der Waals surface area contributed by atoms with Gasteiger partial charge in [-0.05, 0) is 35.6 Å². The first kappa shape index (κ1) is 21.5. The maximum absolute atomic E-state index is 12.6. The number of hydrogen-bond acceptors (Lipinski definition) is 2. The molecule has 0 aromatic heterocycles. The smallest absolute Gasteiger partial charge is 0.253 e. The van der Waals surface area contributed by atoms with Gasteiger partial charge >= 0.3 is 0 Å². The van der Waals surface area contributed by atoms with Gasteiger partial charge in [0.2, 0.25) is 0 Å². The number of piperazine rings is 1. The second kappa shape index (κ2) is 8.90. The third kappa shape index (κ3) is 5.33. The van der Waals surface area contributed by atoms with Crippen molar-refractivity contribution in [2.24, 2.45) is 0 Å². The quantitative estimate of drug-likeness (QED) is 0.759. The minimum atomic E-state index is 0. The van der Waals surface area contributed by atoms with E-state index in [-0.39, 0.29) is 23.7 Å². The van der Waals surface area contributed by atoms with Gasteiger partial charge in [-0.1, -0.05) is 63.2 Å². The Bertz CT molecular complexity index is 737. The van der Waals surface area contributed by atoms with Crippen LogP contribution in [0.3, 0.4) is 0 Å². The van der Waals surface area contributed by atoms with Crippen LogP contribution in [0.1, 0.15) is 49.2 Å². The van der Waals surface area contributed by atoms with Crippen LogP contribution in [0.5, 0.6) is 0 Å². The molecular formula is C23H31ClN2O. The maximum Gasteiger partial charge on any atom is 0.253 e. The van der Waals surface area contributed by atoms with Crippen LogP contribution < -0.4 is 0 Å². The van der Waals surface area contributed by atoms with Crippen molar-refractivity contribution < 1.29 is 4.79 Å². The Hall–Kier alpha value is -1.84. The maximum atomic E-state index is 12.6. The van der Waals surface area contributed by atoms with E-state index >= 15 is 0 Å². The molecule has 1 fully saturated rings. The van der Waals surface area contributed by atoms with Crippen molar-refractivity contribution in [3.05, 3.63) is 71.3 Å². The van der Waals surface area contributed by atoms with E-state index in [1.807, 2.05) is 35.2 Å². The number of rotatable bonds is 3. The average molecular weight is 387 g/mol. The number of carbonyl (C=O) groups is 1. The van der Waals surface area contributed by atoms with Gasteiger partial charge in [-0.3, -0.25) is 9.69 Å². The number of nitrogens with zero attached hydrogens (tertiary/aromatic N) is 2. The van der Waals surface area contributed by atoms with E-state index in [1.165, 1.54) is 11.1 Å². The number of hydrogen-bond donors (Lipinski definition) is 0. The van der Waals surface area contributed by atoms with E-state index in [9.17, 15) is 4.79 Å². The first-order chi connectivity index (χ1) is 12.3. The van der Waals surface area contributed by atoms with Crippen molar-refractivity contribution in [2.75, 3.05) is 19.6 Å². The molecule has 4 heteroatoms. The van der Waals surface area contributed by atoms with E-state index in [2.05, 4.69) is 56.9 Å². The van der Waals surface area contributed by atoms with Gasteiger partial charge in [-0.25, -0.2) is 0 Å². The molecule has 1 aliphatic heterocycles. The first-order valence-electron chi connectivity index (χ1n) is 9.52. The van der Waals surface area contributed by atoms with Gasteiger partial charge in [0.15, 0.2) is 0 Å². The Morgan fingerprint density at radius 2 is 1.63 bits per heavy atom. The zero-order chi connectivity index (χ0) is 18.7. The molecule has 1 heterocycles. The summed E-state index contributed by atoms with van der Waals surface area (Å²) >= 11 is 0. The van der Waals surface area contributed by atoms with Crippen molar-refractivity contribution in [3.8, 4) is 0 Å². The summed E-state index contributed by atoms with van der Waals surface area (Å²) in [6.07, 6.45) is 0. The molecule has 0 unspecified atom stereocenters. The monoisotopic (exact) mass is 386 g/mol. The topological polar surface area (TPSA) is 23.6 Å². The Labute approximate surface area is 169 Å². The fourth-order valence-electron chi connectivity index (χ4n) is 3.52. The second-order valence-corrected chi connectivity index (χ2v) is 8.38. The van der Waals surface area contributed by atoms with Crippen LogP contribution in [0, 0.1) is 0 Å². The lowest BCUT2D eigenvalue weighted by Gasteiger charge is -2.40. The fourth-order valence-corrected chi connectivity index (χ4v) is 3.52. The van der Waals surface area contributed by atoms with Crippen molar-refractivity contribution >= 4 is 18.3 Å². The Morgan fingerprint density at radius 1 is 1.00 bits per heavy atom. The van der Waals surface area contributed by atoms with Crippen molar-refractivity contribution in [3.63, 3.8) is 0 Å². The van der Waals surface area contributed by atoms with Crippen LogP contribution in [0.15, 0.2) is 54.6 Å². The molecule has 27 heavy (non-hydrogen) atoms. The SMILES string of the molecule is C[C@@H]1CN(C(=O)c2ccccc2)CCN1Cc1ccc(C(C)(C)C)cc1.Cl. The lowest BCUT2D eigenvalue weighted by Crippen LogP contribution is -2.53. The summed E-state index contributed by atoms with van der Waals surface area (Å²) in [5, 5.41) is 0. The van der Waals surface area contributed by atoms with Crippen molar-refractivity contribution in [1.82, 2.24) is 9.80 Å². The fraction of sp³-hybridized carbons (Fsp3) is 0.435. The molecule has 0 saturated carbocycles. The zero-order valence-electron chi connectivity index (χ0n) is 16.8. The molecule has 3 nitrogen and oxygen atoms in total. The second-order valence-electron chi connectivity index (χ2n) is 8.38. The molecule has 3 rings (SSSR count). The molecular weight excluding hydrogens is 356 g/mol. The highest BCUT2D eigenvalue weighted by molar-refractivity contribution is 5.94. The third-order valence-electron chi connectivity index (χ3n) is 5.28. The van der Waals surface area contributed by atoms with Gasteiger partial charge in [0.05, 0.1) is 0 Å². The van der Waals surface area contributed by atoms with Crippen LogP contribution in [-0.4, -0.2) is 41.4 Å². The van der Waals surface area contributed by atoms with Crippen molar-refractivity contribution in [1.29, 1.82) is 0 Å². The summed E-state index contributed by atoms with van der Waals surface area (Å²) in [5.74, 6) is 0.145. The van der Waals surface area contributed by atoms with Crippen LogP contribution in [0.2, 0.25) is 0 Å². The average Bonchev–Trinajstić information content (AvgIpc) is 2.63. The van der Waals surface area contributed by atoms with Gasteiger partial charge in [0.1, 0.15) is 0 Å². The Kier molecular flexibility index (Phi) is 7.07. The summed E-state index contributed by atoms with van der Waals surface area (Å²) in [5.41, 5.74) is 3.68. The molecule has 0 radical (unpaired) electrons. The van der Waals surface area contributed by atoms with E-state index in [1.54, 1.807) is 0 Å². The molecule has 0 bridgehead atoms. The summed E-state index contributed by atoms with van der Waals surface area (Å²) in [6.45, 7) is 12.4. The van der Waals surface area contributed by atoms with Crippen LogP contribution in [0.25, 0.3) is 0 Å². The van der Waals surface area contributed by atoms with E-state index in [0.29, 0.717) is 6.04 Å². The largest absolute Gasteiger partial charge is 0.336 e. The standard InChI is InChI=1S/C23H30N2O.ClH/c1-18-16-25(22(26)20-8-6-5-7-9-20)15-14-24(18)17-19-10-12-21(13-11-19)23(2,3)4;/h5-13,18H,14-17H2,1-4H3;1H/t18-;/m1./s1. The summed E-state index contributed by atoms with van der Waals surface area (Å²) in [6, 6.07) is 18.9. The van der Waals surface area contributed by atoms with Crippen molar-refractivity contribution in [2.45, 2.75) is 45.7 Å². The van der Waals surface area contributed by atoms with Gasteiger partial charge in [-0.15, -0.1) is 12.4 Å². The Balaban J connectivity index is 0.00000261. The van der Waals surface area contributed by atoms with Crippen LogP contribution in [-0.2, 0) is 12.0 Å². The molecule has 0 aliphatic carbocycles. The molecule has 1 aliphatic rings. The highest BCUT2D eigenvalue weighted by Gasteiger charge is 2.27. The molecule has 2 aromatic carbocycles. The van der Waals surface area contributed by atoms with E-state index < -0.39 is 0 Å². The molecule has 0 spiro atoms. The first-order valence-corrected chi connectivity index (χ1v) is 9.52. The predicted octanol–water partition coefficient (Wildman–Crippen LogP) is 4.75. The molecule has 2 aromatic rings. The summed E-state index contributed by atoms with van der Waals surface area (Å²) in [4.78, 5) is 17.1. The highest BCUT2D eigenvalue weighted by Crippen LogP contribution is 2.23. The van der Waals surface area contributed by atoms with Crippen LogP contribution in [0.4, 0.5) is 0 Å². The summed E-state index contributed by atoms with van der Waals surface area (Å²) in [7, 11) is 0. The highest BCUT2D eigenvalue weighted by atomic mass is 35.5. The van der Waals surface area contributed by atoms with Gasteiger partial charge < -0.3 is 4.90 Å². The van der Waals surface area contributed by atoms with E-state index in [4.69, 9.17) is 0 Å². The molecule has 1 amide bonds. The van der Waals surface area contributed by atoms with Gasteiger partial charge in [0, 0.05) is 37.8 Å². The molecule has 146 valence electrons. The van der Waals surface area contributed by atoms with Gasteiger partial charge in [0.25, 0.3) is 5.91 Å². The lowest BCUT2D eigenvalue weighted by molar-refractivity contribution is 0.0495. The minimum absolute atomic E-state index is 0. The number of halogens is 1. The van der Waals surface area contributed by atoms with Gasteiger partial charge in [-0.2, -0.15) is 0 Å². The van der Waals surface area contributed by atoms with Crippen LogP contribution >= 0.6 is 12.4 Å². The normalized spacial score (nSPS) is 18.1. The minimum Gasteiger partial charge on any atom is -0.336 e.